The van der Waals surface area contributed by atoms with Crippen molar-refractivity contribution in [2.24, 2.45) is 0 Å². The number of nitrogens with one attached hydrogen (secondary N) is 1. The van der Waals surface area contributed by atoms with Gasteiger partial charge in [-0.1, -0.05) is 17.2 Å². The van der Waals surface area contributed by atoms with E-state index < -0.39 is 0 Å². The lowest BCUT2D eigenvalue weighted by atomic mass is 10.2. The molecule has 2 aromatic rings. The maximum absolute atomic E-state index is 12.0. The molecule has 0 unspecified atom stereocenters. The highest BCUT2D eigenvalue weighted by Gasteiger charge is 2.14. The zero-order chi connectivity index (χ0) is 13.8. The Morgan fingerprint density at radius 2 is 2.21 bits per heavy atom. The summed E-state index contributed by atoms with van der Waals surface area (Å²) in [5.74, 6) is -0.165. The topological polar surface area (TPSA) is 85.8 Å². The average Bonchev–Trinajstić information content (AvgIpc) is 2.95. The van der Waals surface area contributed by atoms with Crippen LogP contribution in [-0.2, 0) is 13.1 Å². The number of hydrogen-bond acceptors (Lipinski definition) is 5. The molecule has 102 valence electrons. The van der Waals surface area contributed by atoms with Crippen LogP contribution in [0.25, 0.3) is 0 Å². The van der Waals surface area contributed by atoms with Gasteiger partial charge in [-0.15, -0.1) is 0 Å². The van der Waals surface area contributed by atoms with Crippen molar-refractivity contribution in [3.63, 3.8) is 0 Å². The van der Waals surface area contributed by atoms with E-state index in [-0.39, 0.29) is 5.91 Å². The fourth-order valence-corrected chi connectivity index (χ4v) is 1.78. The first kappa shape index (κ1) is 13.3. The van der Waals surface area contributed by atoms with E-state index >= 15 is 0 Å². The van der Waals surface area contributed by atoms with Crippen LogP contribution in [0.1, 0.15) is 40.8 Å². The van der Waals surface area contributed by atoms with Crippen LogP contribution in [0.3, 0.4) is 0 Å². The molecule has 2 rings (SSSR count). The molecule has 7 nitrogen and oxygen atoms in total. The van der Waals surface area contributed by atoms with Crippen molar-refractivity contribution in [1.29, 1.82) is 0 Å². The van der Waals surface area contributed by atoms with Crippen LogP contribution in [0.4, 0.5) is 0 Å². The zero-order valence-electron chi connectivity index (χ0n) is 11.3. The molecule has 0 spiro atoms. The fourth-order valence-electron chi connectivity index (χ4n) is 1.78. The highest BCUT2D eigenvalue weighted by Crippen LogP contribution is 2.08. The second-order valence-corrected chi connectivity index (χ2v) is 4.35. The smallest absolute Gasteiger partial charge is 0.255 e. The third-order valence-electron chi connectivity index (χ3n) is 2.95. The molecule has 1 N–H and O–H groups in total. The molecule has 0 aliphatic carbocycles. The molecule has 0 saturated carbocycles. The van der Waals surface area contributed by atoms with Gasteiger partial charge >= 0.3 is 0 Å². The van der Waals surface area contributed by atoms with E-state index in [0.717, 1.165) is 18.7 Å². The van der Waals surface area contributed by atoms with E-state index in [2.05, 4.69) is 32.3 Å². The largest absolute Gasteiger partial charge is 0.346 e. The van der Waals surface area contributed by atoms with Crippen LogP contribution in [0, 0.1) is 13.8 Å². The second-order valence-electron chi connectivity index (χ2n) is 4.35. The van der Waals surface area contributed by atoms with Gasteiger partial charge < -0.3 is 5.32 Å². The molecule has 0 fully saturated rings. The summed E-state index contributed by atoms with van der Waals surface area (Å²) in [7, 11) is 0. The Hall–Kier alpha value is -2.18. The van der Waals surface area contributed by atoms with E-state index in [4.69, 9.17) is 0 Å². The molecule has 1 amide bonds. The van der Waals surface area contributed by atoms with Gasteiger partial charge in [-0.2, -0.15) is 5.10 Å². The van der Waals surface area contributed by atoms with Gasteiger partial charge in [0, 0.05) is 12.2 Å². The first-order valence-corrected chi connectivity index (χ1v) is 6.22. The van der Waals surface area contributed by atoms with Gasteiger partial charge in [0.1, 0.15) is 11.4 Å². The summed E-state index contributed by atoms with van der Waals surface area (Å²) in [6.45, 7) is 6.85. The molecular formula is C12H17N5O2. The van der Waals surface area contributed by atoms with Crippen LogP contribution in [0.2, 0.25) is 0 Å². The van der Waals surface area contributed by atoms with E-state index in [1.807, 2.05) is 11.6 Å². The normalized spacial score (nSPS) is 10.7. The molecular weight excluding hydrogens is 246 g/mol. The zero-order valence-corrected chi connectivity index (χ0v) is 11.3. The van der Waals surface area contributed by atoms with Crippen molar-refractivity contribution in [1.82, 2.24) is 25.4 Å². The van der Waals surface area contributed by atoms with Gasteiger partial charge in [-0.05, 0) is 20.3 Å². The van der Waals surface area contributed by atoms with Crippen LogP contribution in [0.5, 0.6) is 0 Å². The summed E-state index contributed by atoms with van der Waals surface area (Å²) in [5, 5.41) is 14.4. The lowest BCUT2D eigenvalue weighted by Crippen LogP contribution is -2.24. The predicted octanol–water partition coefficient (Wildman–Crippen LogP) is 1.22. The predicted molar refractivity (Wildman–Crippen MR) is 67.5 cm³/mol. The summed E-state index contributed by atoms with van der Waals surface area (Å²) in [5.41, 5.74) is 2.77. The molecule has 0 bridgehead atoms. The van der Waals surface area contributed by atoms with Gasteiger partial charge in [0.2, 0.25) is 0 Å². The number of amides is 1. The van der Waals surface area contributed by atoms with Gasteiger partial charge in [0.05, 0.1) is 18.3 Å². The van der Waals surface area contributed by atoms with Gasteiger partial charge in [0.15, 0.2) is 0 Å². The van der Waals surface area contributed by atoms with Crippen LogP contribution < -0.4 is 5.32 Å². The van der Waals surface area contributed by atoms with E-state index in [1.54, 1.807) is 13.1 Å². The van der Waals surface area contributed by atoms with Gasteiger partial charge in [0.25, 0.3) is 5.91 Å². The molecule has 2 aromatic heterocycles. The summed E-state index contributed by atoms with van der Waals surface area (Å²) < 4.78 is 6.41. The Morgan fingerprint density at radius 3 is 2.84 bits per heavy atom. The number of carbonyl (C=O) groups excluding carboxylic acids is 1. The molecule has 0 aliphatic rings. The minimum Gasteiger partial charge on any atom is -0.346 e. The Balaban J connectivity index is 2.02. The number of hydrogen-bond donors (Lipinski definition) is 1. The first-order chi connectivity index (χ1) is 9.13. The summed E-state index contributed by atoms with van der Waals surface area (Å²) >= 11 is 0. The lowest BCUT2D eigenvalue weighted by molar-refractivity contribution is 0.0949. The molecule has 7 heteroatoms. The van der Waals surface area contributed by atoms with Crippen molar-refractivity contribution in [2.75, 3.05) is 0 Å². The monoisotopic (exact) mass is 263 g/mol. The third kappa shape index (κ3) is 2.81. The highest BCUT2D eigenvalue weighted by atomic mass is 16.6. The maximum atomic E-state index is 12.0. The first-order valence-electron chi connectivity index (χ1n) is 6.22. The quantitative estimate of drug-likeness (QED) is 0.876. The second kappa shape index (κ2) is 5.64. The Morgan fingerprint density at radius 1 is 1.42 bits per heavy atom. The number of rotatable bonds is 5. The van der Waals surface area contributed by atoms with E-state index in [1.165, 1.54) is 0 Å². The van der Waals surface area contributed by atoms with Gasteiger partial charge in [-0.25, -0.2) is 4.63 Å². The Kier molecular flexibility index (Phi) is 3.94. The van der Waals surface area contributed by atoms with Crippen molar-refractivity contribution in [2.45, 2.75) is 40.3 Å². The minimum atomic E-state index is -0.165. The number of carbonyl (C=O) groups is 1. The summed E-state index contributed by atoms with van der Waals surface area (Å²) in [6, 6.07) is 0. The van der Waals surface area contributed by atoms with Crippen molar-refractivity contribution in [3.8, 4) is 0 Å². The van der Waals surface area contributed by atoms with Crippen LogP contribution in [-0.4, -0.2) is 26.0 Å². The maximum Gasteiger partial charge on any atom is 0.255 e. The minimum absolute atomic E-state index is 0.165. The highest BCUT2D eigenvalue weighted by molar-refractivity contribution is 5.94. The molecule has 0 saturated heterocycles. The molecule has 2 heterocycles. The van der Waals surface area contributed by atoms with Crippen molar-refractivity contribution >= 4 is 5.91 Å². The molecule has 0 radical (unpaired) electrons. The SMILES string of the molecule is CCCn1ncc(C(=O)NCc2nonc2C)c1C. The summed E-state index contributed by atoms with van der Waals surface area (Å²) in [6.07, 6.45) is 2.57. The Labute approximate surface area is 110 Å². The average molecular weight is 263 g/mol. The van der Waals surface area contributed by atoms with Crippen LogP contribution >= 0.6 is 0 Å². The third-order valence-corrected chi connectivity index (χ3v) is 2.95. The fraction of sp³-hybridized carbons (Fsp3) is 0.500. The lowest BCUT2D eigenvalue weighted by Gasteiger charge is -2.04. The standard InChI is InChI=1S/C12H17N5O2/c1-4-5-17-9(3)10(6-14-17)12(18)13-7-11-8(2)15-19-16-11/h6H,4-5,7H2,1-3H3,(H,13,18). The van der Waals surface area contributed by atoms with Crippen LogP contribution in [0.15, 0.2) is 10.8 Å². The number of nitrogens with zero attached hydrogens (tertiary/aromatic N) is 4. The number of aromatic nitrogens is 4. The molecule has 0 aromatic carbocycles. The molecule has 0 aliphatic heterocycles. The van der Waals surface area contributed by atoms with E-state index in [9.17, 15) is 4.79 Å². The Bertz CT molecular complexity index is 572. The number of aryl methyl sites for hydroxylation is 2. The molecule has 0 atom stereocenters. The summed E-state index contributed by atoms with van der Waals surface area (Å²) in [4.78, 5) is 12.0. The molecule has 19 heavy (non-hydrogen) atoms. The van der Waals surface area contributed by atoms with Gasteiger partial charge in [-0.3, -0.25) is 9.48 Å². The van der Waals surface area contributed by atoms with Crippen molar-refractivity contribution < 1.29 is 9.42 Å². The van der Waals surface area contributed by atoms with E-state index in [0.29, 0.717) is 23.5 Å². The van der Waals surface area contributed by atoms with Crippen molar-refractivity contribution in [3.05, 3.63) is 28.8 Å².